The van der Waals surface area contributed by atoms with Gasteiger partial charge < -0.3 is 19.1 Å². The van der Waals surface area contributed by atoms with E-state index in [1.807, 2.05) is 0 Å². The van der Waals surface area contributed by atoms with Gasteiger partial charge in [0.2, 0.25) is 0 Å². The van der Waals surface area contributed by atoms with Crippen LogP contribution in [0.5, 0.6) is 17.2 Å². The van der Waals surface area contributed by atoms with E-state index in [9.17, 15) is 23.2 Å². The first kappa shape index (κ1) is 26.8. The lowest BCUT2D eigenvalue weighted by Gasteiger charge is -2.39. The van der Waals surface area contributed by atoms with Gasteiger partial charge in [-0.05, 0) is 68.3 Å². The highest BCUT2D eigenvalue weighted by Gasteiger charge is 2.46. The maximum Gasteiger partial charge on any atom is 0.415 e. The monoisotopic (exact) mass is 516 g/mol. The molecule has 1 fully saturated rings. The number of ether oxygens (including phenoxy) is 3. The summed E-state index contributed by atoms with van der Waals surface area (Å²) in [6.07, 6.45) is -0.579. The third kappa shape index (κ3) is 6.47. The third-order valence-electron chi connectivity index (χ3n) is 5.96. The molecule has 1 aliphatic heterocycles. The van der Waals surface area contributed by atoms with Crippen molar-refractivity contribution in [3.8, 4) is 29.1 Å². The van der Waals surface area contributed by atoms with Gasteiger partial charge >= 0.3 is 6.09 Å². The number of nitrogens with one attached hydrogen (secondary N) is 1. The van der Waals surface area contributed by atoms with Crippen LogP contribution in [0, 0.1) is 17.3 Å². The Morgan fingerprint density at radius 1 is 1.03 bits per heavy atom. The Labute approximate surface area is 210 Å². The predicted molar refractivity (Wildman–Crippen MR) is 130 cm³/mol. The zero-order chi connectivity index (χ0) is 26.2. The van der Waals surface area contributed by atoms with Crippen molar-refractivity contribution in [3.63, 3.8) is 0 Å². The van der Waals surface area contributed by atoms with Crippen molar-refractivity contribution >= 4 is 21.8 Å². The van der Waals surface area contributed by atoms with E-state index in [1.54, 1.807) is 36.7 Å². The number of likely N-dealkylation sites (tertiary alicyclic amines) is 1. The lowest BCUT2D eigenvalue weighted by molar-refractivity contribution is -0.141. The minimum absolute atomic E-state index is 0.0166. The number of rotatable bonds is 8. The Balaban J connectivity index is 1.68. The number of carbonyl (C=O) groups is 2. The van der Waals surface area contributed by atoms with E-state index in [2.05, 4.69) is 11.8 Å². The van der Waals surface area contributed by atoms with Crippen LogP contribution in [-0.4, -0.2) is 63.1 Å². The van der Waals surface area contributed by atoms with Crippen LogP contribution in [-0.2, 0) is 14.6 Å². The van der Waals surface area contributed by atoms with Gasteiger partial charge in [-0.2, -0.15) is 0 Å². The minimum Gasteiger partial charge on any atom is -0.497 e. The Morgan fingerprint density at radius 3 is 2.17 bits per heavy atom. The average Bonchev–Trinajstić information content (AvgIpc) is 2.89. The molecule has 11 heteroatoms. The molecule has 0 aromatic heterocycles. The molecule has 10 nitrogen and oxygen atoms in total. The smallest absolute Gasteiger partial charge is 0.415 e. The van der Waals surface area contributed by atoms with Gasteiger partial charge in [0.1, 0.15) is 23.9 Å². The van der Waals surface area contributed by atoms with E-state index in [0.29, 0.717) is 17.2 Å². The molecule has 3 rings (SSSR count). The van der Waals surface area contributed by atoms with Crippen LogP contribution in [0.25, 0.3) is 0 Å². The van der Waals surface area contributed by atoms with Crippen LogP contribution in [0.2, 0.25) is 0 Å². The van der Waals surface area contributed by atoms with Crippen molar-refractivity contribution in [2.24, 2.45) is 5.41 Å². The number of sulfone groups is 1. The van der Waals surface area contributed by atoms with E-state index >= 15 is 0 Å². The number of methoxy groups -OCH3 is 1. The summed E-state index contributed by atoms with van der Waals surface area (Å²) in [5, 5.41) is 9.33. The molecule has 1 aliphatic rings. The number of benzene rings is 2. The molecule has 0 spiro atoms. The Hall–Kier alpha value is -3.75. The highest BCUT2D eigenvalue weighted by atomic mass is 32.2. The van der Waals surface area contributed by atoms with Crippen LogP contribution in [0.4, 0.5) is 4.79 Å². The Bertz CT molecular complexity index is 1220. The van der Waals surface area contributed by atoms with Crippen molar-refractivity contribution < 1.29 is 37.4 Å². The summed E-state index contributed by atoms with van der Waals surface area (Å²) < 4.78 is 42.2. The van der Waals surface area contributed by atoms with Gasteiger partial charge in [-0.3, -0.25) is 10.0 Å². The van der Waals surface area contributed by atoms with Gasteiger partial charge in [0.25, 0.3) is 5.91 Å². The molecule has 2 aromatic rings. The van der Waals surface area contributed by atoms with E-state index in [4.69, 9.17) is 14.2 Å². The summed E-state index contributed by atoms with van der Waals surface area (Å²) in [6.45, 7) is 2.01. The van der Waals surface area contributed by atoms with Crippen molar-refractivity contribution in [2.75, 3.05) is 32.6 Å². The molecule has 192 valence electrons. The molecule has 0 radical (unpaired) electrons. The molecule has 1 saturated heterocycles. The largest absolute Gasteiger partial charge is 0.497 e. The predicted octanol–water partition coefficient (Wildman–Crippen LogP) is 2.66. The molecule has 0 atom stereocenters. The van der Waals surface area contributed by atoms with Crippen LogP contribution >= 0.6 is 0 Å². The first-order valence-corrected chi connectivity index (χ1v) is 12.8. The van der Waals surface area contributed by atoms with Gasteiger partial charge in [-0.15, -0.1) is 5.92 Å². The zero-order valence-corrected chi connectivity index (χ0v) is 20.8. The number of hydrogen-bond donors (Lipinski definition) is 2. The first-order chi connectivity index (χ1) is 17.2. The van der Waals surface area contributed by atoms with Crippen LogP contribution < -0.4 is 19.7 Å². The molecular formula is C25H28N2O8S. The second-order valence-electron chi connectivity index (χ2n) is 8.20. The molecule has 0 saturated carbocycles. The maximum absolute atomic E-state index is 13.2. The summed E-state index contributed by atoms with van der Waals surface area (Å²) in [7, 11) is -2.39. The summed E-state index contributed by atoms with van der Waals surface area (Å²) in [5.41, 5.74) is 0.179. The molecule has 36 heavy (non-hydrogen) atoms. The maximum atomic E-state index is 13.2. The number of hydrogen-bond acceptors (Lipinski definition) is 8. The van der Waals surface area contributed by atoms with Gasteiger partial charge in [-0.25, -0.2) is 18.7 Å². The summed E-state index contributed by atoms with van der Waals surface area (Å²) in [5.74, 6) is 5.50. The number of amides is 2. The molecule has 1 heterocycles. The summed E-state index contributed by atoms with van der Waals surface area (Å²) in [4.78, 5) is 26.6. The van der Waals surface area contributed by atoms with Crippen molar-refractivity contribution in [1.82, 2.24) is 10.4 Å². The number of carbonyl (C=O) groups excluding carboxylic acids is 2. The molecule has 2 aromatic carbocycles. The fourth-order valence-corrected chi connectivity index (χ4v) is 5.73. The third-order valence-corrected chi connectivity index (χ3v) is 7.89. The van der Waals surface area contributed by atoms with Gasteiger partial charge in [0.15, 0.2) is 9.84 Å². The quantitative estimate of drug-likeness (QED) is 0.311. The molecule has 2 N–H and O–H groups in total. The Morgan fingerprint density at radius 2 is 1.61 bits per heavy atom. The first-order valence-electron chi connectivity index (χ1n) is 11.1. The van der Waals surface area contributed by atoms with Crippen molar-refractivity contribution in [3.05, 3.63) is 48.5 Å². The highest BCUT2D eigenvalue weighted by Crippen LogP contribution is 2.36. The fraction of sp³-hybridized carbons (Fsp3) is 0.360. The van der Waals surface area contributed by atoms with Gasteiger partial charge in [0, 0.05) is 13.1 Å². The second kappa shape index (κ2) is 11.8. The average molecular weight is 517 g/mol. The summed E-state index contributed by atoms with van der Waals surface area (Å²) >= 11 is 0. The zero-order valence-electron chi connectivity index (χ0n) is 20.0. The topological polar surface area (TPSA) is 131 Å². The SMILES string of the molecule is CC#CCOc1ccc(S(=O)(=O)CC2(C(=O)NO)CCN(C(=O)Oc3ccc(OC)cc3)CC2)cc1. The van der Waals surface area contributed by atoms with E-state index in [1.165, 1.54) is 36.3 Å². The van der Waals surface area contributed by atoms with Gasteiger partial charge in [-0.1, -0.05) is 5.92 Å². The normalized spacial score (nSPS) is 14.7. The lowest BCUT2D eigenvalue weighted by atomic mass is 9.79. The molecular weight excluding hydrogens is 488 g/mol. The minimum atomic E-state index is -3.91. The molecule has 0 unspecified atom stereocenters. The number of piperidine rings is 1. The summed E-state index contributed by atoms with van der Waals surface area (Å²) in [6, 6.07) is 12.3. The standard InChI is InChI=1S/C25H28N2O8S/c1-3-4-17-34-20-9-11-22(12-10-20)36(31,32)18-25(23(28)26-30)13-15-27(16-14-25)24(29)35-21-7-5-19(33-2)6-8-21/h5-12,30H,13-18H2,1-2H3,(H,26,28). The second-order valence-corrected chi connectivity index (χ2v) is 10.2. The van der Waals surface area contributed by atoms with E-state index < -0.39 is 33.0 Å². The van der Waals surface area contributed by atoms with Crippen LogP contribution in [0.1, 0.15) is 19.8 Å². The van der Waals surface area contributed by atoms with Crippen molar-refractivity contribution in [1.29, 1.82) is 0 Å². The highest BCUT2D eigenvalue weighted by molar-refractivity contribution is 7.91. The van der Waals surface area contributed by atoms with E-state index in [0.717, 1.165) is 0 Å². The number of nitrogens with zero attached hydrogens (tertiary/aromatic N) is 1. The van der Waals surface area contributed by atoms with E-state index in [-0.39, 0.29) is 37.4 Å². The van der Waals surface area contributed by atoms with Crippen molar-refractivity contribution in [2.45, 2.75) is 24.7 Å². The van der Waals surface area contributed by atoms with Crippen LogP contribution in [0.15, 0.2) is 53.4 Å². The molecule has 0 aliphatic carbocycles. The fourth-order valence-electron chi connectivity index (χ4n) is 3.86. The molecule has 2 amide bonds. The lowest BCUT2D eigenvalue weighted by Crippen LogP contribution is -2.53. The molecule has 0 bridgehead atoms. The van der Waals surface area contributed by atoms with Gasteiger partial charge in [0.05, 0.1) is 23.2 Å². The number of hydroxylamine groups is 1. The van der Waals surface area contributed by atoms with Crippen LogP contribution in [0.3, 0.4) is 0 Å². The Kier molecular flexibility index (Phi) is 8.79.